The van der Waals surface area contributed by atoms with Crippen molar-refractivity contribution in [1.29, 1.82) is 0 Å². The summed E-state index contributed by atoms with van der Waals surface area (Å²) in [6, 6.07) is 25.0. The molecule has 1 unspecified atom stereocenters. The Labute approximate surface area is 184 Å². The van der Waals surface area contributed by atoms with Crippen molar-refractivity contribution < 1.29 is 9.53 Å². The van der Waals surface area contributed by atoms with Gasteiger partial charge in [0.2, 0.25) is 0 Å². The molecule has 5 nitrogen and oxygen atoms in total. The fraction of sp³-hybridized carbons (Fsp3) is 0.269. The molecule has 0 radical (unpaired) electrons. The summed E-state index contributed by atoms with van der Waals surface area (Å²) in [5.41, 5.74) is 3.76. The van der Waals surface area contributed by atoms with Gasteiger partial charge in [-0.05, 0) is 61.2 Å². The number of amides is 1. The van der Waals surface area contributed by atoms with Crippen molar-refractivity contribution in [3.8, 4) is 5.75 Å². The number of piperidine rings is 1. The first kappa shape index (κ1) is 20.8. The van der Waals surface area contributed by atoms with E-state index in [1.807, 2.05) is 54.6 Å². The molecule has 3 aromatic carbocycles. The second-order valence-electron chi connectivity index (χ2n) is 7.80. The third kappa shape index (κ3) is 5.37. The fourth-order valence-corrected chi connectivity index (χ4v) is 3.95. The van der Waals surface area contributed by atoms with Gasteiger partial charge in [0.05, 0.1) is 7.11 Å². The van der Waals surface area contributed by atoms with Crippen LogP contribution in [0.1, 0.15) is 30.9 Å². The average Bonchev–Trinajstić information content (AvgIpc) is 2.84. The van der Waals surface area contributed by atoms with Crippen LogP contribution in [0.5, 0.6) is 5.75 Å². The number of nitrogens with one attached hydrogen (secondary N) is 2. The van der Waals surface area contributed by atoms with Crippen LogP contribution >= 0.6 is 0 Å². The number of rotatable bonds is 7. The first-order valence-electron chi connectivity index (χ1n) is 10.8. The zero-order valence-electron chi connectivity index (χ0n) is 17.9. The van der Waals surface area contributed by atoms with E-state index < -0.39 is 6.04 Å². The summed E-state index contributed by atoms with van der Waals surface area (Å²) in [7, 11) is 1.61. The van der Waals surface area contributed by atoms with Gasteiger partial charge < -0.3 is 20.3 Å². The van der Waals surface area contributed by atoms with Gasteiger partial charge in [0.15, 0.2) is 0 Å². The minimum absolute atomic E-state index is 0.125. The van der Waals surface area contributed by atoms with Crippen LogP contribution in [-0.4, -0.2) is 26.1 Å². The number of hydrogen-bond acceptors (Lipinski definition) is 4. The number of benzene rings is 3. The molecule has 5 heteroatoms. The van der Waals surface area contributed by atoms with E-state index in [4.69, 9.17) is 4.74 Å². The smallest absolute Gasteiger partial charge is 0.251 e. The van der Waals surface area contributed by atoms with Gasteiger partial charge in [-0.3, -0.25) is 4.79 Å². The van der Waals surface area contributed by atoms with Crippen LogP contribution in [-0.2, 0) is 4.79 Å². The van der Waals surface area contributed by atoms with Gasteiger partial charge in [-0.15, -0.1) is 0 Å². The van der Waals surface area contributed by atoms with E-state index in [0.29, 0.717) is 11.4 Å². The Morgan fingerprint density at radius 2 is 1.61 bits per heavy atom. The van der Waals surface area contributed by atoms with Crippen molar-refractivity contribution in [1.82, 2.24) is 0 Å². The van der Waals surface area contributed by atoms with Gasteiger partial charge >= 0.3 is 0 Å². The molecule has 0 spiro atoms. The summed E-state index contributed by atoms with van der Waals surface area (Å²) in [6.45, 7) is 2.23. The van der Waals surface area contributed by atoms with E-state index in [2.05, 4.69) is 39.8 Å². The van der Waals surface area contributed by atoms with Gasteiger partial charge in [0.25, 0.3) is 5.91 Å². The fourth-order valence-electron chi connectivity index (χ4n) is 3.95. The molecule has 0 aromatic heterocycles. The topological polar surface area (TPSA) is 53.6 Å². The molecule has 0 aliphatic carbocycles. The zero-order chi connectivity index (χ0) is 21.5. The van der Waals surface area contributed by atoms with Crippen molar-refractivity contribution in [2.45, 2.75) is 25.3 Å². The number of methoxy groups -OCH3 is 1. The Hall–Kier alpha value is -3.47. The minimum atomic E-state index is -0.520. The van der Waals surface area contributed by atoms with Gasteiger partial charge in [-0.1, -0.05) is 36.4 Å². The van der Waals surface area contributed by atoms with Crippen LogP contribution in [0, 0.1) is 0 Å². The molecule has 1 amide bonds. The molecule has 160 valence electrons. The SMILES string of the molecule is COc1cccc(NC(=O)C(Nc2ccc(N3CCCCC3)cc2)c2ccccc2)c1. The molecule has 1 saturated heterocycles. The largest absolute Gasteiger partial charge is 0.497 e. The molecule has 3 aromatic rings. The van der Waals surface area contributed by atoms with Gasteiger partial charge in [0, 0.05) is 36.2 Å². The lowest BCUT2D eigenvalue weighted by Gasteiger charge is -2.29. The Kier molecular flexibility index (Phi) is 6.72. The third-order valence-electron chi connectivity index (χ3n) is 5.63. The normalized spacial score (nSPS) is 14.5. The van der Waals surface area contributed by atoms with E-state index >= 15 is 0 Å². The van der Waals surface area contributed by atoms with E-state index in [0.717, 1.165) is 24.3 Å². The van der Waals surface area contributed by atoms with Crippen molar-refractivity contribution in [3.63, 3.8) is 0 Å². The van der Waals surface area contributed by atoms with Gasteiger partial charge in [-0.2, -0.15) is 0 Å². The number of carbonyl (C=O) groups is 1. The highest BCUT2D eigenvalue weighted by Gasteiger charge is 2.21. The van der Waals surface area contributed by atoms with Crippen LogP contribution in [0.3, 0.4) is 0 Å². The Morgan fingerprint density at radius 3 is 2.32 bits per heavy atom. The number of hydrogen-bond donors (Lipinski definition) is 2. The Bertz CT molecular complexity index is 983. The highest BCUT2D eigenvalue weighted by Crippen LogP contribution is 2.26. The molecule has 2 N–H and O–H groups in total. The molecule has 1 aliphatic rings. The Balaban J connectivity index is 1.52. The molecule has 1 atom stereocenters. The molecule has 31 heavy (non-hydrogen) atoms. The molecule has 1 fully saturated rings. The standard InChI is InChI=1S/C26H29N3O2/c1-31-24-12-8-11-22(19-24)28-26(30)25(20-9-4-2-5-10-20)27-21-13-15-23(16-14-21)29-17-6-3-7-18-29/h2,4-5,8-16,19,25,27H,3,6-7,17-18H2,1H3,(H,28,30). The van der Waals surface area contributed by atoms with Gasteiger partial charge in [0.1, 0.15) is 11.8 Å². The molecular formula is C26H29N3O2. The lowest BCUT2D eigenvalue weighted by Crippen LogP contribution is -2.29. The lowest BCUT2D eigenvalue weighted by atomic mass is 10.1. The summed E-state index contributed by atoms with van der Waals surface area (Å²) in [5, 5.41) is 6.42. The maximum absolute atomic E-state index is 13.2. The predicted octanol–water partition coefficient (Wildman–Crippen LogP) is 5.48. The van der Waals surface area contributed by atoms with Crippen molar-refractivity contribution >= 4 is 23.0 Å². The molecule has 0 saturated carbocycles. The summed E-state index contributed by atoms with van der Waals surface area (Å²) in [4.78, 5) is 15.6. The van der Waals surface area contributed by atoms with Gasteiger partial charge in [-0.25, -0.2) is 0 Å². The van der Waals surface area contributed by atoms with Crippen LogP contribution in [0.15, 0.2) is 78.9 Å². The van der Waals surface area contributed by atoms with Crippen LogP contribution in [0.2, 0.25) is 0 Å². The molecular weight excluding hydrogens is 386 g/mol. The highest BCUT2D eigenvalue weighted by atomic mass is 16.5. The summed E-state index contributed by atoms with van der Waals surface area (Å²) < 4.78 is 5.27. The summed E-state index contributed by atoms with van der Waals surface area (Å²) in [6.07, 6.45) is 3.82. The van der Waals surface area contributed by atoms with Crippen LogP contribution < -0.4 is 20.3 Å². The van der Waals surface area contributed by atoms with Crippen LogP contribution in [0.4, 0.5) is 17.1 Å². The van der Waals surface area contributed by atoms with Crippen molar-refractivity contribution in [3.05, 3.63) is 84.4 Å². The zero-order valence-corrected chi connectivity index (χ0v) is 17.9. The monoisotopic (exact) mass is 415 g/mol. The average molecular weight is 416 g/mol. The minimum Gasteiger partial charge on any atom is -0.497 e. The number of ether oxygens (including phenoxy) is 1. The summed E-state index contributed by atoms with van der Waals surface area (Å²) >= 11 is 0. The quantitative estimate of drug-likeness (QED) is 0.537. The number of carbonyl (C=O) groups excluding carboxylic acids is 1. The molecule has 4 rings (SSSR count). The molecule has 1 heterocycles. The van der Waals surface area contributed by atoms with Crippen molar-refractivity contribution in [2.24, 2.45) is 0 Å². The first-order valence-corrected chi connectivity index (χ1v) is 10.8. The van der Waals surface area contributed by atoms with Crippen molar-refractivity contribution in [2.75, 3.05) is 35.7 Å². The van der Waals surface area contributed by atoms with Crippen LogP contribution in [0.25, 0.3) is 0 Å². The van der Waals surface area contributed by atoms with E-state index in [-0.39, 0.29) is 5.91 Å². The first-order chi connectivity index (χ1) is 15.2. The Morgan fingerprint density at radius 1 is 0.871 bits per heavy atom. The third-order valence-corrected chi connectivity index (χ3v) is 5.63. The maximum Gasteiger partial charge on any atom is 0.251 e. The van der Waals surface area contributed by atoms with E-state index in [1.165, 1.54) is 24.9 Å². The highest BCUT2D eigenvalue weighted by molar-refractivity contribution is 5.97. The maximum atomic E-state index is 13.2. The lowest BCUT2D eigenvalue weighted by molar-refractivity contribution is -0.117. The predicted molar refractivity (Wildman–Crippen MR) is 127 cm³/mol. The van der Waals surface area contributed by atoms with E-state index in [9.17, 15) is 4.79 Å². The summed E-state index contributed by atoms with van der Waals surface area (Å²) in [5.74, 6) is 0.579. The second kappa shape index (κ2) is 10.0. The second-order valence-corrected chi connectivity index (χ2v) is 7.80. The number of anilines is 3. The molecule has 1 aliphatic heterocycles. The number of nitrogens with zero attached hydrogens (tertiary/aromatic N) is 1. The molecule has 0 bridgehead atoms. The van der Waals surface area contributed by atoms with E-state index in [1.54, 1.807) is 7.11 Å².